The molecular weight excluding hydrogens is 448 g/mol. The van der Waals surface area contributed by atoms with Gasteiger partial charge in [0.05, 0.1) is 10.9 Å². The summed E-state index contributed by atoms with van der Waals surface area (Å²) >= 11 is 9.25. The minimum absolute atomic E-state index is 0.0662. The van der Waals surface area contributed by atoms with Gasteiger partial charge in [-0.3, -0.25) is 14.4 Å². The van der Waals surface area contributed by atoms with E-state index in [1.807, 2.05) is 31.2 Å². The van der Waals surface area contributed by atoms with Crippen LogP contribution in [0.3, 0.4) is 0 Å². The van der Waals surface area contributed by atoms with Gasteiger partial charge in [-0.25, -0.2) is 0 Å². The van der Waals surface area contributed by atoms with E-state index in [0.717, 1.165) is 11.3 Å². The van der Waals surface area contributed by atoms with Crippen molar-refractivity contribution in [2.24, 2.45) is 5.92 Å². The van der Waals surface area contributed by atoms with Gasteiger partial charge in [-0.1, -0.05) is 23.7 Å². The minimum atomic E-state index is -0.595. The second-order valence-electron chi connectivity index (χ2n) is 6.53. The summed E-state index contributed by atoms with van der Waals surface area (Å²) in [5.41, 5.74) is 2.28. The molecule has 1 N–H and O–H groups in total. The third kappa shape index (κ3) is 4.91. The van der Waals surface area contributed by atoms with Crippen LogP contribution >= 0.6 is 27.5 Å². The van der Waals surface area contributed by atoms with E-state index in [-0.39, 0.29) is 18.9 Å². The number of amides is 2. The third-order valence-electron chi connectivity index (χ3n) is 4.32. The molecule has 1 atom stereocenters. The average Bonchev–Trinajstić information content (AvgIpc) is 3.05. The molecule has 3 rings (SSSR count). The van der Waals surface area contributed by atoms with Gasteiger partial charge in [-0.2, -0.15) is 0 Å². The molecule has 28 heavy (non-hydrogen) atoms. The molecule has 1 aliphatic heterocycles. The van der Waals surface area contributed by atoms with Crippen molar-refractivity contribution in [2.75, 3.05) is 23.4 Å². The molecule has 0 spiro atoms. The first-order valence-electron chi connectivity index (χ1n) is 8.62. The number of benzene rings is 2. The number of anilines is 2. The van der Waals surface area contributed by atoms with E-state index in [9.17, 15) is 14.4 Å². The average molecular weight is 466 g/mol. The fraction of sp³-hybridized carbons (Fsp3) is 0.250. The summed E-state index contributed by atoms with van der Waals surface area (Å²) in [5.74, 6) is -1.77. The van der Waals surface area contributed by atoms with Crippen molar-refractivity contribution in [3.05, 3.63) is 57.5 Å². The van der Waals surface area contributed by atoms with Gasteiger partial charge in [-0.15, -0.1) is 0 Å². The van der Waals surface area contributed by atoms with Crippen LogP contribution in [0.4, 0.5) is 11.4 Å². The fourth-order valence-corrected chi connectivity index (χ4v) is 3.36. The van der Waals surface area contributed by atoms with Gasteiger partial charge < -0.3 is 15.0 Å². The maximum atomic E-state index is 12.3. The van der Waals surface area contributed by atoms with Crippen molar-refractivity contribution in [3.8, 4) is 0 Å². The molecule has 0 saturated carbocycles. The Kier molecular flexibility index (Phi) is 6.36. The molecule has 8 heteroatoms. The van der Waals surface area contributed by atoms with Crippen molar-refractivity contribution in [1.82, 2.24) is 0 Å². The predicted octanol–water partition coefficient (Wildman–Crippen LogP) is 3.95. The Labute approximate surface area is 175 Å². The molecule has 146 valence electrons. The SMILES string of the molecule is Cc1cccc(N2C[C@@H](C(=O)OCC(=O)Nc3ccc(Br)c(Cl)c3)CC2=O)c1. The molecule has 0 unspecified atom stereocenters. The van der Waals surface area contributed by atoms with Gasteiger partial charge in [0.1, 0.15) is 0 Å². The first-order valence-corrected chi connectivity index (χ1v) is 9.79. The van der Waals surface area contributed by atoms with Crippen LogP contribution in [0.15, 0.2) is 46.9 Å². The highest BCUT2D eigenvalue weighted by Gasteiger charge is 2.36. The largest absolute Gasteiger partial charge is 0.455 e. The van der Waals surface area contributed by atoms with Gasteiger partial charge in [0, 0.05) is 28.8 Å². The van der Waals surface area contributed by atoms with Gasteiger partial charge >= 0.3 is 5.97 Å². The molecule has 1 heterocycles. The smallest absolute Gasteiger partial charge is 0.311 e. The number of hydrogen-bond donors (Lipinski definition) is 1. The number of esters is 1. The Morgan fingerprint density at radius 2 is 2.07 bits per heavy atom. The molecule has 2 aromatic carbocycles. The number of hydrogen-bond acceptors (Lipinski definition) is 4. The number of ether oxygens (including phenoxy) is 1. The molecule has 2 amide bonds. The molecule has 6 nitrogen and oxygen atoms in total. The summed E-state index contributed by atoms with van der Waals surface area (Å²) in [4.78, 5) is 38.1. The van der Waals surface area contributed by atoms with Crippen LogP contribution in [0.5, 0.6) is 0 Å². The van der Waals surface area contributed by atoms with Crippen LogP contribution in [-0.2, 0) is 19.1 Å². The quantitative estimate of drug-likeness (QED) is 0.679. The molecular formula is C20H18BrClN2O4. The second kappa shape index (κ2) is 8.75. The van der Waals surface area contributed by atoms with E-state index in [2.05, 4.69) is 21.2 Å². The minimum Gasteiger partial charge on any atom is -0.455 e. The van der Waals surface area contributed by atoms with Crippen LogP contribution in [0.1, 0.15) is 12.0 Å². The van der Waals surface area contributed by atoms with Crippen LogP contribution in [0.2, 0.25) is 5.02 Å². The number of nitrogens with zero attached hydrogens (tertiary/aromatic N) is 1. The van der Waals surface area contributed by atoms with E-state index in [0.29, 0.717) is 15.2 Å². The van der Waals surface area contributed by atoms with Crippen molar-refractivity contribution in [3.63, 3.8) is 0 Å². The van der Waals surface area contributed by atoms with E-state index in [1.54, 1.807) is 23.1 Å². The Balaban J connectivity index is 1.53. The number of nitrogens with one attached hydrogen (secondary N) is 1. The standard InChI is InChI=1S/C20H18BrClN2O4/c1-12-3-2-4-15(7-12)24-10-13(8-19(24)26)20(27)28-11-18(25)23-14-5-6-16(21)17(22)9-14/h2-7,9,13H,8,10-11H2,1H3,(H,23,25)/t13-/m0/s1. The van der Waals surface area contributed by atoms with Gasteiger partial charge in [0.15, 0.2) is 6.61 Å². The number of carbonyl (C=O) groups excluding carboxylic acids is 3. The van der Waals surface area contributed by atoms with Crippen LogP contribution in [-0.4, -0.2) is 30.9 Å². The Hall–Kier alpha value is -2.38. The lowest BCUT2D eigenvalue weighted by Crippen LogP contribution is -2.28. The lowest BCUT2D eigenvalue weighted by atomic mass is 10.1. The lowest BCUT2D eigenvalue weighted by Gasteiger charge is -2.17. The van der Waals surface area contributed by atoms with E-state index < -0.39 is 24.4 Å². The third-order valence-corrected chi connectivity index (χ3v) is 5.55. The van der Waals surface area contributed by atoms with Crippen LogP contribution in [0.25, 0.3) is 0 Å². The summed E-state index contributed by atoms with van der Waals surface area (Å²) in [7, 11) is 0. The van der Waals surface area contributed by atoms with Crippen molar-refractivity contribution in [1.29, 1.82) is 0 Å². The zero-order chi connectivity index (χ0) is 20.3. The number of carbonyl (C=O) groups is 3. The molecule has 0 aromatic heterocycles. The van der Waals surface area contributed by atoms with E-state index >= 15 is 0 Å². The monoisotopic (exact) mass is 464 g/mol. The highest BCUT2D eigenvalue weighted by atomic mass is 79.9. The van der Waals surface area contributed by atoms with Crippen molar-refractivity contribution >= 4 is 56.7 Å². The Bertz CT molecular complexity index is 934. The lowest BCUT2D eigenvalue weighted by molar-refractivity contribution is -0.151. The zero-order valence-electron chi connectivity index (χ0n) is 15.1. The van der Waals surface area contributed by atoms with E-state index in [4.69, 9.17) is 16.3 Å². The molecule has 1 fully saturated rings. The summed E-state index contributed by atoms with van der Waals surface area (Å²) in [6.07, 6.45) is 0.0662. The second-order valence-corrected chi connectivity index (χ2v) is 7.79. The van der Waals surface area contributed by atoms with Gasteiger partial charge in [0.2, 0.25) is 5.91 Å². The summed E-state index contributed by atoms with van der Waals surface area (Å²) in [6, 6.07) is 12.5. The predicted molar refractivity (Wildman–Crippen MR) is 110 cm³/mol. The maximum Gasteiger partial charge on any atom is 0.311 e. The first-order chi connectivity index (χ1) is 13.3. The van der Waals surface area contributed by atoms with Crippen LogP contribution < -0.4 is 10.2 Å². The molecule has 0 radical (unpaired) electrons. The Morgan fingerprint density at radius 1 is 1.29 bits per heavy atom. The van der Waals surface area contributed by atoms with Gasteiger partial charge in [-0.05, 0) is 58.7 Å². The highest BCUT2D eigenvalue weighted by molar-refractivity contribution is 9.10. The molecule has 0 aliphatic carbocycles. The van der Waals surface area contributed by atoms with Gasteiger partial charge in [0.25, 0.3) is 5.91 Å². The van der Waals surface area contributed by atoms with Crippen molar-refractivity contribution in [2.45, 2.75) is 13.3 Å². The highest BCUT2D eigenvalue weighted by Crippen LogP contribution is 2.27. The molecule has 0 bridgehead atoms. The number of rotatable bonds is 5. The number of halogens is 2. The number of aryl methyl sites for hydroxylation is 1. The maximum absolute atomic E-state index is 12.3. The topological polar surface area (TPSA) is 75.7 Å². The zero-order valence-corrected chi connectivity index (χ0v) is 17.4. The normalized spacial score (nSPS) is 16.2. The van der Waals surface area contributed by atoms with Crippen LogP contribution in [0, 0.1) is 12.8 Å². The fourth-order valence-electron chi connectivity index (χ4n) is 2.94. The molecule has 1 aliphatic rings. The van der Waals surface area contributed by atoms with E-state index in [1.165, 1.54) is 0 Å². The summed E-state index contributed by atoms with van der Waals surface area (Å²) in [5, 5.41) is 3.06. The van der Waals surface area contributed by atoms with Crippen molar-refractivity contribution < 1.29 is 19.1 Å². The summed E-state index contributed by atoms with van der Waals surface area (Å²) in [6.45, 7) is 1.75. The summed E-state index contributed by atoms with van der Waals surface area (Å²) < 4.78 is 5.81. The molecule has 2 aromatic rings. The first kappa shape index (κ1) is 20.4. The Morgan fingerprint density at radius 3 is 2.79 bits per heavy atom. The molecule has 1 saturated heterocycles.